The monoisotopic (exact) mass is 120 g/mol. The highest BCUT2D eigenvalue weighted by atomic mass is 16.6. The van der Waals surface area contributed by atoms with Gasteiger partial charge in [-0.2, -0.15) is 0 Å². The first kappa shape index (κ1) is 5.00. The van der Waals surface area contributed by atoms with Gasteiger partial charge in [-0.25, -0.2) is 0 Å². The highest BCUT2D eigenvalue weighted by Gasteiger charge is 2.69. The fourth-order valence-electron chi connectivity index (χ4n) is 1.27. The largest absolute Gasteiger partial charge is 0.345 e. The molecule has 2 atom stereocenters. The van der Waals surface area contributed by atoms with Crippen LogP contribution in [-0.4, -0.2) is 11.2 Å². The molecule has 46 valence electrons. The lowest BCUT2D eigenvalue weighted by Gasteiger charge is -2.13. The lowest BCUT2D eigenvalue weighted by atomic mass is 9.83. The van der Waals surface area contributed by atoms with E-state index in [-0.39, 0.29) is 11.2 Å². The van der Waals surface area contributed by atoms with Crippen molar-refractivity contribution in [3.63, 3.8) is 0 Å². The lowest BCUT2D eigenvalue weighted by molar-refractivity contribution is 0.364. The first-order valence-corrected chi connectivity index (χ1v) is 2.96. The molecule has 2 rings (SSSR count). The van der Waals surface area contributed by atoms with Gasteiger partial charge in [0, 0.05) is 0 Å². The smallest absolute Gasteiger partial charge is 0.142 e. The summed E-state index contributed by atoms with van der Waals surface area (Å²) in [7, 11) is 0. The number of hydrogen-bond acceptors (Lipinski definition) is 1. The van der Waals surface area contributed by atoms with Crippen molar-refractivity contribution in [1.29, 1.82) is 0 Å². The van der Waals surface area contributed by atoms with Crippen molar-refractivity contribution in [2.75, 3.05) is 0 Å². The summed E-state index contributed by atoms with van der Waals surface area (Å²) >= 11 is 0. The summed E-state index contributed by atoms with van der Waals surface area (Å²) in [6, 6.07) is 0. The van der Waals surface area contributed by atoms with Gasteiger partial charge >= 0.3 is 0 Å². The summed E-state index contributed by atoms with van der Waals surface area (Å²) in [5, 5.41) is 0. The Morgan fingerprint density at radius 2 is 1.56 bits per heavy atom. The first-order valence-electron chi connectivity index (χ1n) is 2.96. The predicted molar refractivity (Wildman–Crippen MR) is 36.1 cm³/mol. The molecule has 1 heterocycles. The van der Waals surface area contributed by atoms with Crippen LogP contribution in [-0.2, 0) is 4.74 Å². The second-order valence-electron chi connectivity index (χ2n) is 2.43. The third-order valence-corrected chi connectivity index (χ3v) is 2.09. The molecule has 1 fully saturated rings. The quantitative estimate of drug-likeness (QED) is 0.397. The fourth-order valence-corrected chi connectivity index (χ4v) is 1.27. The number of epoxide rings is 1. The third-order valence-electron chi connectivity index (χ3n) is 2.09. The molecule has 0 bridgehead atoms. The van der Waals surface area contributed by atoms with Crippen LogP contribution >= 0.6 is 0 Å². The van der Waals surface area contributed by atoms with Crippen LogP contribution in [0, 0.1) is 0 Å². The van der Waals surface area contributed by atoms with Crippen molar-refractivity contribution in [2.45, 2.75) is 11.2 Å². The Morgan fingerprint density at radius 3 is 1.67 bits per heavy atom. The van der Waals surface area contributed by atoms with E-state index in [1.807, 2.05) is 24.3 Å². The van der Waals surface area contributed by atoms with E-state index in [9.17, 15) is 0 Å². The molecule has 1 aliphatic carbocycles. The Labute approximate surface area is 54.3 Å². The number of hydrogen-bond donors (Lipinski definition) is 0. The minimum absolute atomic E-state index is 0.158. The number of rotatable bonds is 2. The molecule has 2 aliphatic rings. The Balaban J connectivity index is 2.38. The highest BCUT2D eigenvalue weighted by Crippen LogP contribution is 2.58. The van der Waals surface area contributed by atoms with Gasteiger partial charge in [0.05, 0.1) is 0 Å². The minimum atomic E-state index is -0.158. The summed E-state index contributed by atoms with van der Waals surface area (Å²) in [5.41, 5.74) is -0.316. The highest BCUT2D eigenvalue weighted by molar-refractivity contribution is 5.52. The standard InChI is InChI=1S/C8H8O/c1-3-7-5-6-8(7,4-2)9-7/h3-6H,1-2H2. The van der Waals surface area contributed by atoms with Crippen molar-refractivity contribution in [2.24, 2.45) is 0 Å². The van der Waals surface area contributed by atoms with Crippen molar-refractivity contribution < 1.29 is 4.74 Å². The van der Waals surface area contributed by atoms with Gasteiger partial charge in [0.2, 0.25) is 0 Å². The van der Waals surface area contributed by atoms with Gasteiger partial charge in [-0.3, -0.25) is 0 Å². The van der Waals surface area contributed by atoms with E-state index < -0.39 is 0 Å². The zero-order chi connectivity index (χ0) is 6.54. The summed E-state index contributed by atoms with van der Waals surface area (Å²) in [6.07, 6.45) is 7.63. The SMILES string of the molecule is C=CC12C=CC1(C=C)O2. The maximum atomic E-state index is 5.35. The molecule has 0 spiro atoms. The normalized spacial score (nSPS) is 51.1. The third kappa shape index (κ3) is 0.304. The second-order valence-corrected chi connectivity index (χ2v) is 2.43. The van der Waals surface area contributed by atoms with E-state index >= 15 is 0 Å². The van der Waals surface area contributed by atoms with Crippen LogP contribution in [0.15, 0.2) is 37.5 Å². The van der Waals surface area contributed by atoms with Crippen LogP contribution in [0.25, 0.3) is 0 Å². The maximum Gasteiger partial charge on any atom is 0.142 e. The van der Waals surface area contributed by atoms with Crippen molar-refractivity contribution >= 4 is 0 Å². The molecule has 2 unspecified atom stereocenters. The maximum absolute atomic E-state index is 5.35. The van der Waals surface area contributed by atoms with Gasteiger partial charge in [-0.1, -0.05) is 25.3 Å². The van der Waals surface area contributed by atoms with E-state index in [2.05, 4.69) is 13.2 Å². The Hall–Kier alpha value is -0.820. The van der Waals surface area contributed by atoms with Crippen molar-refractivity contribution in [3.05, 3.63) is 37.5 Å². The van der Waals surface area contributed by atoms with Gasteiger partial charge < -0.3 is 4.74 Å². The molecule has 0 aromatic rings. The summed E-state index contributed by atoms with van der Waals surface area (Å²) in [6.45, 7) is 7.33. The van der Waals surface area contributed by atoms with Crippen LogP contribution in [0.3, 0.4) is 0 Å². The van der Waals surface area contributed by atoms with E-state index in [1.54, 1.807) is 0 Å². The van der Waals surface area contributed by atoms with Crippen LogP contribution < -0.4 is 0 Å². The molecule has 1 heteroatoms. The zero-order valence-electron chi connectivity index (χ0n) is 5.13. The molecule has 0 aromatic carbocycles. The molecule has 1 nitrogen and oxygen atoms in total. The summed E-state index contributed by atoms with van der Waals surface area (Å²) in [4.78, 5) is 0. The van der Waals surface area contributed by atoms with Gasteiger partial charge in [-0.15, -0.1) is 0 Å². The van der Waals surface area contributed by atoms with Gasteiger partial charge in [0.15, 0.2) is 0 Å². The van der Waals surface area contributed by atoms with Crippen molar-refractivity contribution in [3.8, 4) is 0 Å². The average molecular weight is 120 g/mol. The molecule has 0 saturated carbocycles. The van der Waals surface area contributed by atoms with E-state index in [4.69, 9.17) is 4.74 Å². The second kappa shape index (κ2) is 1.05. The number of fused-ring (bicyclic) bond motifs is 1. The zero-order valence-corrected chi connectivity index (χ0v) is 5.13. The van der Waals surface area contributed by atoms with Gasteiger partial charge in [-0.05, 0) is 12.2 Å². The van der Waals surface area contributed by atoms with Crippen LogP contribution in [0.2, 0.25) is 0 Å². The topological polar surface area (TPSA) is 12.5 Å². The van der Waals surface area contributed by atoms with E-state index in [1.165, 1.54) is 0 Å². The molecular weight excluding hydrogens is 112 g/mol. The van der Waals surface area contributed by atoms with Crippen LogP contribution in [0.4, 0.5) is 0 Å². The van der Waals surface area contributed by atoms with E-state index in [0.717, 1.165) is 0 Å². The molecule has 0 aromatic heterocycles. The van der Waals surface area contributed by atoms with Crippen molar-refractivity contribution in [1.82, 2.24) is 0 Å². The molecule has 1 aliphatic heterocycles. The molecule has 0 amide bonds. The molecular formula is C8H8O. The summed E-state index contributed by atoms with van der Waals surface area (Å²) in [5.74, 6) is 0. The van der Waals surface area contributed by atoms with Crippen LogP contribution in [0.1, 0.15) is 0 Å². The minimum Gasteiger partial charge on any atom is -0.345 e. The molecule has 0 radical (unpaired) electrons. The fraction of sp³-hybridized carbons (Fsp3) is 0.250. The first-order chi connectivity index (χ1) is 4.29. The van der Waals surface area contributed by atoms with Gasteiger partial charge in [0.1, 0.15) is 11.2 Å². The molecule has 1 saturated heterocycles. The van der Waals surface area contributed by atoms with Crippen LogP contribution in [0.5, 0.6) is 0 Å². The molecule has 9 heavy (non-hydrogen) atoms. The number of ether oxygens (including phenoxy) is 1. The summed E-state index contributed by atoms with van der Waals surface area (Å²) < 4.78 is 5.35. The van der Waals surface area contributed by atoms with E-state index in [0.29, 0.717) is 0 Å². The molecule has 0 N–H and O–H groups in total. The lowest BCUT2D eigenvalue weighted by Crippen LogP contribution is -2.25. The average Bonchev–Trinajstić information content (AvgIpc) is 2.33. The Bertz CT molecular complexity index is 195. The Morgan fingerprint density at radius 1 is 1.11 bits per heavy atom. The predicted octanol–water partition coefficient (Wildman–Crippen LogP) is 1.44. The Kier molecular flexibility index (Phi) is 0.582. The van der Waals surface area contributed by atoms with Gasteiger partial charge in [0.25, 0.3) is 0 Å².